The number of rotatable bonds is 9. The van der Waals surface area contributed by atoms with Crippen LogP contribution in [0.15, 0.2) is 370 Å². The van der Waals surface area contributed by atoms with E-state index in [4.69, 9.17) is 14.2 Å². The molecule has 0 aromatic heterocycles. The van der Waals surface area contributed by atoms with Gasteiger partial charge in [-0.25, -0.2) is 0 Å². The maximum Gasteiger partial charge on any atom is 0.252 e. The topological polar surface area (TPSA) is 34.2 Å². The minimum Gasteiger partial charge on any atom is -0.457 e. The van der Waals surface area contributed by atoms with Crippen LogP contribution in [0.25, 0.3) is 89.0 Å². The van der Waals surface area contributed by atoms with Crippen molar-refractivity contribution in [1.29, 1.82) is 0 Å². The Bertz CT molecular complexity index is 6870. The van der Waals surface area contributed by atoms with E-state index in [0.29, 0.717) is 0 Å². The fourth-order valence-electron chi connectivity index (χ4n) is 21.3. The van der Waals surface area contributed by atoms with Gasteiger partial charge in [0, 0.05) is 101 Å². The van der Waals surface area contributed by atoms with E-state index in [0.717, 1.165) is 191 Å². The van der Waals surface area contributed by atoms with Gasteiger partial charge in [0.25, 0.3) is 6.71 Å². The number of fused-ring (bicyclic) bond motifs is 17. The quantitative estimate of drug-likeness (QED) is 0.135. The van der Waals surface area contributed by atoms with Crippen LogP contribution in [0, 0.1) is 0 Å². The molecule has 6 heteroatoms. The van der Waals surface area contributed by atoms with E-state index in [1.807, 2.05) is 0 Å². The fraction of sp³-hybridized carbons (Fsp3) is 0.128. The van der Waals surface area contributed by atoms with Crippen LogP contribution in [0.1, 0.15) is 125 Å². The van der Waals surface area contributed by atoms with Crippen LogP contribution in [-0.2, 0) is 27.1 Å². The molecule has 23 rings (SSSR count). The van der Waals surface area contributed by atoms with Crippen molar-refractivity contribution < 1.29 is 14.2 Å². The van der Waals surface area contributed by atoms with Gasteiger partial charge in [0.2, 0.25) is 0 Å². The molecule has 1 aliphatic carbocycles. The zero-order valence-corrected chi connectivity index (χ0v) is 70.9. The molecule has 5 nitrogen and oxygen atoms in total. The van der Waals surface area contributed by atoms with Crippen molar-refractivity contribution in [3.8, 4) is 124 Å². The predicted octanol–water partition coefficient (Wildman–Crippen LogP) is 29.4. The standard InChI is InChI=1S/C117H91BN2O3/c1-113(2,3)82-64-86(74-39-19-13-20-40-74)111(88(66-82)79-45-33-43-76(59-79)72-35-15-11-16-36-72)119-100-70-108-95(115(7,8)92-51-27-30-54-104(92)122-108)68-98(100)118-99-69-96-109(123-105-55-31-28-52-93(105)116(96,9)10)71-101(99)120(112-87(75-41-21-14-22-42-75)65-83(114(4,5)6)67-89(112)80-46-34-44-77(60-80)73-37-17-12-18-38-73)103-63-81(62-102(119)110(103)118)78-57-58-107-97(61-78)117(94-53-29-32-56-106(94)121-107)90-49-25-23-47-84(90)85-48-24-26-50-91(85)117/h11-71H,1-10H3. The summed E-state index contributed by atoms with van der Waals surface area (Å²) in [6, 6.07) is 139. The van der Waals surface area contributed by atoms with Gasteiger partial charge in [-0.2, -0.15) is 0 Å². The second-order valence-corrected chi connectivity index (χ2v) is 37.4. The number of para-hydroxylation sites is 3. The van der Waals surface area contributed by atoms with Crippen LogP contribution in [0.3, 0.4) is 0 Å². The third-order valence-electron chi connectivity index (χ3n) is 27.5. The lowest BCUT2D eigenvalue weighted by Gasteiger charge is -2.47. The van der Waals surface area contributed by atoms with E-state index in [9.17, 15) is 0 Å². The van der Waals surface area contributed by atoms with E-state index in [1.165, 1.54) is 38.8 Å². The molecular weight excluding hydrogens is 1490 g/mol. The summed E-state index contributed by atoms with van der Waals surface area (Å²) >= 11 is 0. The molecule has 123 heavy (non-hydrogen) atoms. The second kappa shape index (κ2) is 27.4. The van der Waals surface area contributed by atoms with Crippen LogP contribution in [-0.4, -0.2) is 6.71 Å². The van der Waals surface area contributed by atoms with E-state index >= 15 is 0 Å². The van der Waals surface area contributed by atoms with Crippen molar-refractivity contribution >= 4 is 57.2 Å². The zero-order valence-electron chi connectivity index (χ0n) is 70.9. The van der Waals surface area contributed by atoms with Crippen LogP contribution < -0.4 is 40.4 Å². The largest absolute Gasteiger partial charge is 0.457 e. The molecule has 1 spiro atoms. The number of ether oxygens (including phenoxy) is 3. The van der Waals surface area contributed by atoms with Crippen molar-refractivity contribution in [2.24, 2.45) is 0 Å². The van der Waals surface area contributed by atoms with Crippen LogP contribution in [0.5, 0.6) is 34.5 Å². The van der Waals surface area contributed by atoms with Gasteiger partial charge in [0.1, 0.15) is 34.5 Å². The first-order chi connectivity index (χ1) is 59.7. The highest BCUT2D eigenvalue weighted by atomic mass is 16.5. The summed E-state index contributed by atoms with van der Waals surface area (Å²) in [6.45, 7) is 23.3. The molecule has 17 aromatic rings. The summed E-state index contributed by atoms with van der Waals surface area (Å²) < 4.78 is 22.5. The van der Waals surface area contributed by atoms with Crippen LogP contribution in [0.4, 0.5) is 34.1 Å². The van der Waals surface area contributed by atoms with Gasteiger partial charge in [-0.3, -0.25) is 0 Å². The normalized spacial score (nSPS) is 14.6. The molecule has 590 valence electrons. The lowest BCUT2D eigenvalue weighted by molar-refractivity contribution is 0.418. The molecule has 0 amide bonds. The molecule has 0 saturated heterocycles. The molecule has 5 heterocycles. The SMILES string of the molecule is CC(C)(C)c1cc(-c2ccccc2)c(N2c3cc4c(cc3B3c5cc6c(cc5N(c5c(-c7ccccc7)cc(C(C)(C)C)cc5-c5cccc(-c7ccccc7)c5)c5cc(-c7ccc8c(c7)C7(c9ccccc9O8)c8ccccc8-c8ccccc87)cc2c53)Oc2ccccc2C6(C)C)C(C)(C)c2ccccc2O4)c(-c2cccc(-c3ccccc3)c2)c1. The Morgan fingerprint density at radius 3 is 0.992 bits per heavy atom. The summed E-state index contributed by atoms with van der Waals surface area (Å²) in [6.07, 6.45) is 0. The van der Waals surface area contributed by atoms with Crippen molar-refractivity contribution in [3.05, 3.63) is 426 Å². The van der Waals surface area contributed by atoms with Gasteiger partial charge in [-0.15, -0.1) is 0 Å². The lowest BCUT2D eigenvalue weighted by Crippen LogP contribution is -2.62. The highest BCUT2D eigenvalue weighted by Gasteiger charge is 2.53. The van der Waals surface area contributed by atoms with E-state index in [2.05, 4.69) is 449 Å². The van der Waals surface area contributed by atoms with E-state index in [-0.39, 0.29) is 10.8 Å². The molecule has 0 saturated carbocycles. The lowest BCUT2D eigenvalue weighted by atomic mass is 9.33. The zero-order chi connectivity index (χ0) is 83.2. The Hall–Kier alpha value is -14.2. The van der Waals surface area contributed by atoms with Crippen molar-refractivity contribution in [2.75, 3.05) is 9.80 Å². The maximum absolute atomic E-state index is 7.58. The summed E-state index contributed by atoms with van der Waals surface area (Å²) in [4.78, 5) is 5.42. The summed E-state index contributed by atoms with van der Waals surface area (Å²) in [5.41, 5.74) is 36.8. The van der Waals surface area contributed by atoms with Gasteiger partial charge in [0.15, 0.2) is 0 Å². The molecule has 0 radical (unpaired) electrons. The molecule has 0 unspecified atom stereocenters. The Balaban J connectivity index is 0.921. The smallest absolute Gasteiger partial charge is 0.252 e. The van der Waals surface area contributed by atoms with Gasteiger partial charge < -0.3 is 24.0 Å². The molecule has 0 atom stereocenters. The molecule has 0 N–H and O–H groups in total. The first-order valence-electron chi connectivity index (χ1n) is 43.4. The highest BCUT2D eigenvalue weighted by Crippen LogP contribution is 2.65. The Morgan fingerprint density at radius 2 is 0.561 bits per heavy atom. The molecular formula is C117H91BN2O3. The number of benzene rings is 17. The van der Waals surface area contributed by atoms with Gasteiger partial charge >= 0.3 is 0 Å². The van der Waals surface area contributed by atoms with E-state index < -0.39 is 23.0 Å². The monoisotopic (exact) mass is 1580 g/mol. The number of anilines is 6. The number of hydrogen-bond acceptors (Lipinski definition) is 5. The average Bonchev–Trinajstić information content (AvgIpc) is 1.64. The van der Waals surface area contributed by atoms with Crippen LogP contribution >= 0.6 is 0 Å². The molecule has 0 fully saturated rings. The highest BCUT2D eigenvalue weighted by molar-refractivity contribution is 7.00. The Morgan fingerprint density at radius 1 is 0.228 bits per heavy atom. The summed E-state index contributed by atoms with van der Waals surface area (Å²) in [7, 11) is 0. The Kier molecular flexibility index (Phi) is 16.5. The minimum absolute atomic E-state index is 0.295. The van der Waals surface area contributed by atoms with Crippen molar-refractivity contribution in [3.63, 3.8) is 0 Å². The first kappa shape index (κ1) is 73.9. The number of nitrogens with zero attached hydrogens (tertiary/aromatic N) is 2. The van der Waals surface area contributed by atoms with Gasteiger partial charge in [-0.05, 0) is 195 Å². The first-order valence-corrected chi connectivity index (χ1v) is 43.4. The summed E-state index contributed by atoms with van der Waals surface area (Å²) in [5, 5.41) is 0. The predicted molar refractivity (Wildman–Crippen MR) is 511 cm³/mol. The fourth-order valence-corrected chi connectivity index (χ4v) is 21.3. The number of hydrogen-bond donors (Lipinski definition) is 0. The summed E-state index contributed by atoms with van der Waals surface area (Å²) in [5.74, 6) is 5.02. The molecule has 17 aromatic carbocycles. The maximum atomic E-state index is 7.58. The van der Waals surface area contributed by atoms with Crippen molar-refractivity contribution in [1.82, 2.24) is 0 Å². The Labute approximate surface area is 721 Å². The molecule has 6 aliphatic rings. The second-order valence-electron chi connectivity index (χ2n) is 37.4. The minimum atomic E-state index is -0.765. The van der Waals surface area contributed by atoms with Gasteiger partial charge in [0.05, 0.1) is 16.8 Å². The van der Waals surface area contributed by atoms with E-state index in [1.54, 1.807) is 0 Å². The third kappa shape index (κ3) is 11.4. The average molecular weight is 1580 g/mol. The third-order valence-corrected chi connectivity index (χ3v) is 27.5. The molecule has 5 aliphatic heterocycles. The van der Waals surface area contributed by atoms with Crippen LogP contribution in [0.2, 0.25) is 0 Å². The van der Waals surface area contributed by atoms with Crippen molar-refractivity contribution in [2.45, 2.75) is 96.3 Å². The van der Waals surface area contributed by atoms with Gasteiger partial charge in [-0.1, -0.05) is 348 Å². The molecule has 0 bridgehead atoms.